The predicted octanol–water partition coefficient (Wildman–Crippen LogP) is 16.1. The molecule has 0 saturated carbocycles. The van der Waals surface area contributed by atoms with Crippen molar-refractivity contribution >= 4 is 49.6 Å². The van der Waals surface area contributed by atoms with Crippen molar-refractivity contribution < 1.29 is 0 Å². The molecule has 0 radical (unpaired) electrons. The molecule has 0 bridgehead atoms. The van der Waals surface area contributed by atoms with Gasteiger partial charge in [0.1, 0.15) is 0 Å². The van der Waals surface area contributed by atoms with Crippen LogP contribution in [0.4, 0.5) is 17.1 Å². The Labute approximate surface area is 350 Å². The lowest BCUT2D eigenvalue weighted by molar-refractivity contribution is 1.19. The molecule has 0 saturated heterocycles. The van der Waals surface area contributed by atoms with E-state index in [9.17, 15) is 0 Å². The minimum Gasteiger partial charge on any atom is -0.311 e. The van der Waals surface area contributed by atoms with Gasteiger partial charge in [0.15, 0.2) is 0 Å². The first-order chi connectivity index (χ1) is 29.7. The van der Waals surface area contributed by atoms with Gasteiger partial charge in [-0.3, -0.25) is 0 Å². The summed E-state index contributed by atoms with van der Waals surface area (Å²) in [5.74, 6) is 0. The minimum atomic E-state index is 1.09. The summed E-state index contributed by atoms with van der Waals surface area (Å²) < 4.78 is 2.44. The maximum atomic E-state index is 2.44. The van der Waals surface area contributed by atoms with E-state index in [-0.39, 0.29) is 0 Å². The van der Waals surface area contributed by atoms with E-state index in [2.05, 4.69) is 252 Å². The summed E-state index contributed by atoms with van der Waals surface area (Å²) in [5.41, 5.74) is 16.4. The lowest BCUT2D eigenvalue weighted by Gasteiger charge is -2.26. The van der Waals surface area contributed by atoms with E-state index in [0.29, 0.717) is 0 Å². The molecule has 0 amide bonds. The maximum absolute atomic E-state index is 2.44. The molecule has 0 N–H and O–H groups in total. The van der Waals surface area contributed by atoms with Crippen molar-refractivity contribution in [2.75, 3.05) is 4.90 Å². The molecule has 0 aliphatic carbocycles. The number of fused-ring (bicyclic) bond motifs is 5. The third kappa shape index (κ3) is 6.41. The van der Waals surface area contributed by atoms with Crippen molar-refractivity contribution in [1.82, 2.24) is 4.57 Å². The zero-order valence-corrected chi connectivity index (χ0v) is 33.0. The van der Waals surface area contributed by atoms with Crippen LogP contribution in [0.25, 0.3) is 82.8 Å². The maximum Gasteiger partial charge on any atom is 0.0619 e. The number of hydrogen-bond acceptors (Lipinski definition) is 1. The molecule has 0 atom stereocenters. The molecule has 0 aliphatic heterocycles. The van der Waals surface area contributed by atoms with Gasteiger partial charge >= 0.3 is 0 Å². The molecule has 2 heteroatoms. The first-order valence-electron chi connectivity index (χ1n) is 20.6. The van der Waals surface area contributed by atoms with E-state index >= 15 is 0 Å². The molecule has 11 aromatic rings. The van der Waals surface area contributed by atoms with Gasteiger partial charge < -0.3 is 9.47 Å². The Balaban J connectivity index is 0.968. The molecule has 0 aliphatic rings. The quantitative estimate of drug-likeness (QED) is 0.150. The highest BCUT2D eigenvalue weighted by Crippen LogP contribution is 2.40. The molecule has 0 fully saturated rings. The van der Waals surface area contributed by atoms with Crippen LogP contribution < -0.4 is 4.90 Å². The van der Waals surface area contributed by atoms with E-state index < -0.39 is 0 Å². The number of hydrogen-bond donors (Lipinski definition) is 0. The van der Waals surface area contributed by atoms with Crippen LogP contribution in [-0.2, 0) is 0 Å². The monoisotopic (exact) mass is 764 g/mol. The molecular weight excluding hydrogens is 725 g/mol. The summed E-state index contributed by atoms with van der Waals surface area (Å²) in [6, 6.07) is 87.7. The van der Waals surface area contributed by atoms with Crippen LogP contribution in [0, 0.1) is 0 Å². The third-order valence-corrected chi connectivity index (χ3v) is 11.8. The molecule has 282 valence electrons. The van der Waals surface area contributed by atoms with Crippen LogP contribution in [0.1, 0.15) is 0 Å². The Hall–Kier alpha value is -7.94. The predicted molar refractivity (Wildman–Crippen MR) is 255 cm³/mol. The summed E-state index contributed by atoms with van der Waals surface area (Å²) in [6.07, 6.45) is 0. The molecule has 2 nitrogen and oxygen atoms in total. The van der Waals surface area contributed by atoms with Crippen molar-refractivity contribution in [3.8, 4) is 50.2 Å². The summed E-state index contributed by atoms with van der Waals surface area (Å²) in [5, 5.41) is 5.03. The van der Waals surface area contributed by atoms with Gasteiger partial charge in [-0.1, -0.05) is 182 Å². The SMILES string of the molecule is c1ccc(-c2ccc(N(c3ccc(-c4cccc(-c5ccccc5)c4)cc3)c3ccc(-c4cccc(-n5c6ccccc6c6ccc7ccccc7c65)c4)cc3)cc2)cc1. The average molecular weight is 765 g/mol. The zero-order chi connectivity index (χ0) is 39.8. The highest BCUT2D eigenvalue weighted by atomic mass is 15.1. The fourth-order valence-corrected chi connectivity index (χ4v) is 8.82. The highest BCUT2D eigenvalue weighted by molar-refractivity contribution is 6.18. The number of anilines is 3. The molecule has 1 heterocycles. The molecule has 1 aromatic heterocycles. The number of rotatable bonds is 8. The van der Waals surface area contributed by atoms with Gasteiger partial charge in [0.05, 0.1) is 11.0 Å². The Morgan fingerprint density at radius 2 is 0.700 bits per heavy atom. The fraction of sp³-hybridized carbons (Fsp3) is 0. The second-order valence-corrected chi connectivity index (χ2v) is 15.4. The Kier molecular flexibility index (Phi) is 8.87. The van der Waals surface area contributed by atoms with E-state index in [1.54, 1.807) is 0 Å². The van der Waals surface area contributed by atoms with Gasteiger partial charge in [0, 0.05) is 38.9 Å². The van der Waals surface area contributed by atoms with Crippen LogP contribution in [-0.4, -0.2) is 4.57 Å². The van der Waals surface area contributed by atoms with Crippen molar-refractivity contribution in [2.45, 2.75) is 0 Å². The lowest BCUT2D eigenvalue weighted by Crippen LogP contribution is -2.09. The van der Waals surface area contributed by atoms with Gasteiger partial charge in [0.25, 0.3) is 0 Å². The van der Waals surface area contributed by atoms with Gasteiger partial charge in [-0.2, -0.15) is 0 Å². The lowest BCUT2D eigenvalue weighted by atomic mass is 9.98. The van der Waals surface area contributed by atoms with Gasteiger partial charge in [0.2, 0.25) is 0 Å². The Morgan fingerprint density at radius 1 is 0.267 bits per heavy atom. The van der Waals surface area contributed by atoms with E-state index in [4.69, 9.17) is 0 Å². The first kappa shape index (κ1) is 35.2. The molecule has 0 unspecified atom stereocenters. The summed E-state index contributed by atoms with van der Waals surface area (Å²) in [4.78, 5) is 2.35. The fourth-order valence-electron chi connectivity index (χ4n) is 8.82. The van der Waals surface area contributed by atoms with Gasteiger partial charge in [-0.05, 0) is 111 Å². The topological polar surface area (TPSA) is 8.17 Å². The summed E-state index contributed by atoms with van der Waals surface area (Å²) in [7, 11) is 0. The van der Waals surface area contributed by atoms with E-state index in [0.717, 1.165) is 22.7 Å². The average Bonchev–Trinajstić information content (AvgIpc) is 3.68. The van der Waals surface area contributed by atoms with Crippen molar-refractivity contribution in [3.63, 3.8) is 0 Å². The molecule has 0 spiro atoms. The number of para-hydroxylation sites is 1. The highest BCUT2D eigenvalue weighted by Gasteiger charge is 2.17. The number of aromatic nitrogens is 1. The standard InChI is InChI=1S/C58H40N2/c1-3-13-41(14-4-1)43-25-32-50(33-26-43)59(51-34-27-44(28-35-51)48-19-11-18-47(39-48)42-15-5-2-6-16-42)52-36-29-45(30-37-52)49-20-12-21-53(40-49)60-57-24-10-9-23-55(57)56-38-31-46-17-7-8-22-54(46)58(56)60/h1-40H. The van der Waals surface area contributed by atoms with Gasteiger partial charge in [-0.15, -0.1) is 0 Å². The van der Waals surface area contributed by atoms with Crippen LogP contribution in [0.5, 0.6) is 0 Å². The third-order valence-electron chi connectivity index (χ3n) is 11.8. The van der Waals surface area contributed by atoms with Gasteiger partial charge in [-0.25, -0.2) is 0 Å². The smallest absolute Gasteiger partial charge is 0.0619 e. The second-order valence-electron chi connectivity index (χ2n) is 15.4. The van der Waals surface area contributed by atoms with E-state index in [1.165, 1.54) is 77.1 Å². The molecule has 60 heavy (non-hydrogen) atoms. The van der Waals surface area contributed by atoms with Crippen LogP contribution in [0.2, 0.25) is 0 Å². The van der Waals surface area contributed by atoms with Crippen LogP contribution >= 0.6 is 0 Å². The van der Waals surface area contributed by atoms with Crippen molar-refractivity contribution in [3.05, 3.63) is 243 Å². The van der Waals surface area contributed by atoms with Crippen molar-refractivity contribution in [1.29, 1.82) is 0 Å². The Bertz CT molecular complexity index is 3270. The summed E-state index contributed by atoms with van der Waals surface area (Å²) in [6.45, 7) is 0. The van der Waals surface area contributed by atoms with Crippen LogP contribution in [0.3, 0.4) is 0 Å². The second kappa shape index (κ2) is 15.1. The Morgan fingerprint density at radius 3 is 1.30 bits per heavy atom. The van der Waals surface area contributed by atoms with Crippen molar-refractivity contribution in [2.24, 2.45) is 0 Å². The zero-order valence-electron chi connectivity index (χ0n) is 33.0. The van der Waals surface area contributed by atoms with E-state index in [1.807, 2.05) is 0 Å². The molecule has 10 aromatic carbocycles. The summed E-state index contributed by atoms with van der Waals surface area (Å²) >= 11 is 0. The normalized spacial score (nSPS) is 11.3. The number of benzene rings is 10. The molecule has 11 rings (SSSR count). The van der Waals surface area contributed by atoms with Crippen LogP contribution in [0.15, 0.2) is 243 Å². The first-order valence-corrected chi connectivity index (χ1v) is 20.6. The number of nitrogens with zero attached hydrogens (tertiary/aromatic N) is 2. The largest absolute Gasteiger partial charge is 0.311 e. The molecular formula is C58H40N2. The minimum absolute atomic E-state index is 1.09.